The van der Waals surface area contributed by atoms with Crippen molar-refractivity contribution >= 4 is 27.5 Å². The van der Waals surface area contributed by atoms with Crippen LogP contribution in [-0.4, -0.2) is 43.3 Å². The van der Waals surface area contributed by atoms with Crippen molar-refractivity contribution in [2.24, 2.45) is 0 Å². The van der Waals surface area contributed by atoms with Gasteiger partial charge in [-0.1, -0.05) is 48.9 Å². The third kappa shape index (κ3) is 7.65. The Morgan fingerprint density at radius 2 is 1.52 bits per heavy atom. The number of aryl methyl sites for hydroxylation is 1. The van der Waals surface area contributed by atoms with E-state index in [1.54, 1.807) is 46.8 Å². The van der Waals surface area contributed by atoms with E-state index < -0.39 is 51.6 Å². The minimum atomic E-state index is -4.39. The van der Waals surface area contributed by atoms with Gasteiger partial charge in [-0.15, -0.1) is 0 Å². The first-order valence-corrected chi connectivity index (χ1v) is 14.4. The number of amides is 2. The molecule has 0 aliphatic carbocycles. The molecule has 0 saturated carbocycles. The maximum atomic E-state index is 15.0. The molecule has 40 heavy (non-hydrogen) atoms. The van der Waals surface area contributed by atoms with E-state index in [0.717, 1.165) is 15.9 Å². The number of hydrogen-bond donors (Lipinski definition) is 1. The normalized spacial score (nSPS) is 12.5. The largest absolute Gasteiger partial charge is 0.350 e. The zero-order chi connectivity index (χ0) is 29.7. The molecule has 0 spiro atoms. The molecule has 7 nitrogen and oxygen atoms in total. The van der Waals surface area contributed by atoms with Gasteiger partial charge in [-0.25, -0.2) is 17.2 Å². The Balaban J connectivity index is 2.08. The van der Waals surface area contributed by atoms with Crippen molar-refractivity contribution in [1.29, 1.82) is 0 Å². The summed E-state index contributed by atoms with van der Waals surface area (Å²) in [4.78, 5) is 28.4. The van der Waals surface area contributed by atoms with E-state index in [0.29, 0.717) is 5.56 Å². The molecular formula is C30H35F2N3O4S. The van der Waals surface area contributed by atoms with Gasteiger partial charge in [0.1, 0.15) is 24.2 Å². The predicted molar refractivity (Wildman–Crippen MR) is 151 cm³/mol. The predicted octanol–water partition coefficient (Wildman–Crippen LogP) is 5.19. The Labute approximate surface area is 234 Å². The van der Waals surface area contributed by atoms with E-state index in [9.17, 15) is 26.8 Å². The van der Waals surface area contributed by atoms with Crippen LogP contribution in [0.2, 0.25) is 0 Å². The van der Waals surface area contributed by atoms with Gasteiger partial charge in [0.2, 0.25) is 11.8 Å². The molecule has 3 aromatic carbocycles. The molecule has 3 rings (SSSR count). The van der Waals surface area contributed by atoms with Crippen LogP contribution in [0.1, 0.15) is 45.2 Å². The Hall–Kier alpha value is -3.79. The van der Waals surface area contributed by atoms with Gasteiger partial charge in [-0.3, -0.25) is 13.9 Å². The van der Waals surface area contributed by atoms with Crippen LogP contribution in [0.5, 0.6) is 0 Å². The molecule has 0 unspecified atom stereocenters. The van der Waals surface area contributed by atoms with Crippen molar-refractivity contribution in [3.05, 3.63) is 95.6 Å². The van der Waals surface area contributed by atoms with Gasteiger partial charge in [0.05, 0.1) is 10.6 Å². The van der Waals surface area contributed by atoms with Gasteiger partial charge < -0.3 is 10.2 Å². The molecular weight excluding hydrogens is 536 g/mol. The van der Waals surface area contributed by atoms with E-state index in [-0.39, 0.29) is 23.5 Å². The number of carbonyl (C=O) groups is 2. The van der Waals surface area contributed by atoms with E-state index in [1.807, 2.05) is 0 Å². The monoisotopic (exact) mass is 571 g/mol. The summed E-state index contributed by atoms with van der Waals surface area (Å²) < 4.78 is 56.9. The van der Waals surface area contributed by atoms with E-state index in [4.69, 9.17) is 0 Å². The quantitative estimate of drug-likeness (QED) is 0.363. The number of anilines is 1. The summed E-state index contributed by atoms with van der Waals surface area (Å²) in [5.74, 6) is -2.44. The standard InChI is InChI=1S/C30H35F2N3O4S/c1-6-26(29(37)33-30(3,4)5)34(19-22-13-15-23(31)16-14-22)28(36)20-35(27-10-8-7-9-25(27)32)40(38,39)24-17-11-21(2)12-18-24/h7-18,26H,6,19-20H2,1-5H3,(H,33,37)/t26-/m1/s1. The van der Waals surface area contributed by atoms with Crippen LogP contribution in [-0.2, 0) is 26.2 Å². The lowest BCUT2D eigenvalue weighted by atomic mass is 10.1. The number of para-hydroxylation sites is 1. The molecule has 0 aromatic heterocycles. The molecule has 3 aromatic rings. The molecule has 10 heteroatoms. The number of nitrogens with one attached hydrogen (secondary N) is 1. The molecule has 1 atom stereocenters. The number of benzene rings is 3. The molecule has 2 amide bonds. The lowest BCUT2D eigenvalue weighted by Gasteiger charge is -2.34. The fraction of sp³-hybridized carbons (Fsp3) is 0.333. The molecule has 214 valence electrons. The van der Waals surface area contributed by atoms with Gasteiger partial charge in [0, 0.05) is 12.1 Å². The number of sulfonamides is 1. The van der Waals surface area contributed by atoms with Crippen LogP contribution in [0.4, 0.5) is 14.5 Å². The molecule has 1 N–H and O–H groups in total. The Bertz CT molecular complexity index is 1440. The highest BCUT2D eigenvalue weighted by molar-refractivity contribution is 7.92. The fourth-order valence-electron chi connectivity index (χ4n) is 4.16. The van der Waals surface area contributed by atoms with Crippen LogP contribution < -0.4 is 9.62 Å². The molecule has 0 heterocycles. The van der Waals surface area contributed by atoms with Gasteiger partial charge in [0.25, 0.3) is 10.0 Å². The van der Waals surface area contributed by atoms with E-state index in [1.165, 1.54) is 59.5 Å². The van der Waals surface area contributed by atoms with Crippen molar-refractivity contribution in [2.45, 2.75) is 64.1 Å². The second-order valence-corrected chi connectivity index (χ2v) is 12.4. The minimum absolute atomic E-state index is 0.0924. The lowest BCUT2D eigenvalue weighted by Crippen LogP contribution is -2.55. The van der Waals surface area contributed by atoms with Crippen molar-refractivity contribution < 1.29 is 26.8 Å². The maximum Gasteiger partial charge on any atom is 0.264 e. The molecule has 0 radical (unpaired) electrons. The lowest BCUT2D eigenvalue weighted by molar-refractivity contribution is -0.141. The third-order valence-corrected chi connectivity index (χ3v) is 7.93. The summed E-state index contributed by atoms with van der Waals surface area (Å²) >= 11 is 0. The minimum Gasteiger partial charge on any atom is -0.350 e. The maximum absolute atomic E-state index is 15.0. The second kappa shape index (κ2) is 12.6. The smallest absolute Gasteiger partial charge is 0.264 e. The van der Waals surface area contributed by atoms with Crippen LogP contribution in [0.25, 0.3) is 0 Å². The number of nitrogens with zero attached hydrogens (tertiary/aromatic N) is 2. The van der Waals surface area contributed by atoms with Crippen molar-refractivity contribution in [3.63, 3.8) is 0 Å². The molecule has 0 aliphatic heterocycles. The zero-order valence-corrected chi connectivity index (χ0v) is 24.1. The Morgan fingerprint density at radius 1 is 0.925 bits per heavy atom. The summed E-state index contributed by atoms with van der Waals surface area (Å²) in [6, 6.07) is 15.8. The van der Waals surface area contributed by atoms with Gasteiger partial charge in [-0.05, 0) is 76.1 Å². The SMILES string of the molecule is CC[C@H](C(=O)NC(C)(C)C)N(Cc1ccc(F)cc1)C(=O)CN(c1ccccc1F)S(=O)(=O)c1ccc(C)cc1. The summed E-state index contributed by atoms with van der Waals surface area (Å²) in [7, 11) is -4.39. The highest BCUT2D eigenvalue weighted by atomic mass is 32.2. The van der Waals surface area contributed by atoms with Gasteiger partial charge in [0.15, 0.2) is 0 Å². The number of halogens is 2. The molecule has 0 bridgehead atoms. The van der Waals surface area contributed by atoms with Crippen molar-refractivity contribution in [2.75, 3.05) is 10.8 Å². The number of hydrogen-bond acceptors (Lipinski definition) is 4. The summed E-state index contributed by atoms with van der Waals surface area (Å²) in [5, 5.41) is 2.87. The van der Waals surface area contributed by atoms with Crippen LogP contribution in [0, 0.1) is 18.6 Å². The van der Waals surface area contributed by atoms with E-state index >= 15 is 0 Å². The summed E-state index contributed by atoms with van der Waals surface area (Å²) in [6.45, 7) is 8.08. The first-order valence-electron chi connectivity index (χ1n) is 12.9. The number of rotatable bonds is 10. The average molecular weight is 572 g/mol. The van der Waals surface area contributed by atoms with Crippen molar-refractivity contribution in [3.8, 4) is 0 Å². The van der Waals surface area contributed by atoms with Crippen LogP contribution in [0.3, 0.4) is 0 Å². The first kappa shape index (κ1) is 30.7. The Kier molecular flexibility index (Phi) is 9.68. The van der Waals surface area contributed by atoms with Crippen LogP contribution >= 0.6 is 0 Å². The molecule has 0 saturated heterocycles. The fourth-order valence-corrected chi connectivity index (χ4v) is 5.59. The van der Waals surface area contributed by atoms with Gasteiger partial charge in [-0.2, -0.15) is 0 Å². The second-order valence-electron chi connectivity index (χ2n) is 10.6. The van der Waals surface area contributed by atoms with E-state index in [2.05, 4.69) is 5.32 Å². The van der Waals surface area contributed by atoms with Crippen molar-refractivity contribution in [1.82, 2.24) is 10.2 Å². The topological polar surface area (TPSA) is 86.8 Å². The van der Waals surface area contributed by atoms with Crippen LogP contribution in [0.15, 0.2) is 77.7 Å². The average Bonchev–Trinajstić information content (AvgIpc) is 2.88. The highest BCUT2D eigenvalue weighted by Gasteiger charge is 2.35. The number of carbonyl (C=O) groups excluding carboxylic acids is 2. The third-order valence-electron chi connectivity index (χ3n) is 6.16. The summed E-state index contributed by atoms with van der Waals surface area (Å²) in [5.41, 5.74) is 0.470. The Morgan fingerprint density at radius 3 is 2.08 bits per heavy atom. The molecule has 0 fully saturated rings. The summed E-state index contributed by atoms with van der Waals surface area (Å²) in [6.07, 6.45) is 0.221. The highest BCUT2D eigenvalue weighted by Crippen LogP contribution is 2.27. The zero-order valence-electron chi connectivity index (χ0n) is 23.3. The first-order chi connectivity index (χ1) is 18.7. The van der Waals surface area contributed by atoms with Gasteiger partial charge >= 0.3 is 0 Å². The molecule has 0 aliphatic rings.